The third-order valence-corrected chi connectivity index (χ3v) is 3.53. The number of aromatic nitrogens is 3. The van der Waals surface area contributed by atoms with Gasteiger partial charge in [0.15, 0.2) is 5.65 Å². The van der Waals surface area contributed by atoms with Crippen molar-refractivity contribution in [1.82, 2.24) is 14.6 Å². The van der Waals surface area contributed by atoms with Crippen molar-refractivity contribution in [3.63, 3.8) is 0 Å². The Morgan fingerprint density at radius 1 is 1.47 bits per heavy atom. The number of hydrogen-bond acceptors (Lipinski definition) is 4. The van der Waals surface area contributed by atoms with Gasteiger partial charge in [0.2, 0.25) is 5.95 Å². The molecule has 1 aliphatic rings. The number of methoxy groups -OCH3 is 1. The highest BCUT2D eigenvalue weighted by Crippen LogP contribution is 2.25. The highest BCUT2D eigenvalue weighted by molar-refractivity contribution is 9.10. The quantitative estimate of drug-likeness (QED) is 0.942. The van der Waals surface area contributed by atoms with Crippen LogP contribution in [0.4, 0.5) is 5.95 Å². The molecule has 0 aromatic carbocycles. The lowest BCUT2D eigenvalue weighted by Gasteiger charge is -2.34. The molecule has 2 heterocycles. The van der Waals surface area contributed by atoms with Crippen LogP contribution >= 0.6 is 15.9 Å². The van der Waals surface area contributed by atoms with Crippen LogP contribution in [0.1, 0.15) is 12.8 Å². The van der Waals surface area contributed by atoms with Crippen molar-refractivity contribution in [3.05, 3.63) is 22.8 Å². The van der Waals surface area contributed by atoms with Gasteiger partial charge in [-0.2, -0.15) is 4.98 Å². The Balaban J connectivity index is 1.73. The summed E-state index contributed by atoms with van der Waals surface area (Å²) in [6.07, 6.45) is 4.33. The molecule has 17 heavy (non-hydrogen) atoms. The predicted octanol–water partition coefficient (Wildman–Crippen LogP) is 2.08. The maximum Gasteiger partial charge on any atom is 0.243 e. The molecule has 2 aromatic rings. The number of fused-ring (bicyclic) bond motifs is 1. The Morgan fingerprint density at radius 2 is 2.29 bits per heavy atom. The number of rotatable bonds is 3. The van der Waals surface area contributed by atoms with Crippen molar-refractivity contribution in [2.75, 3.05) is 12.4 Å². The number of nitrogens with zero attached hydrogens (tertiary/aromatic N) is 3. The zero-order valence-corrected chi connectivity index (χ0v) is 11.0. The van der Waals surface area contributed by atoms with Gasteiger partial charge in [0, 0.05) is 23.8 Å². The molecule has 0 saturated heterocycles. The molecule has 0 radical (unpaired) electrons. The van der Waals surface area contributed by atoms with E-state index >= 15 is 0 Å². The van der Waals surface area contributed by atoms with Crippen molar-refractivity contribution in [3.8, 4) is 0 Å². The molecule has 5 nitrogen and oxygen atoms in total. The maximum atomic E-state index is 5.24. The summed E-state index contributed by atoms with van der Waals surface area (Å²) in [7, 11) is 1.75. The molecule has 1 fully saturated rings. The van der Waals surface area contributed by atoms with E-state index in [0.29, 0.717) is 18.1 Å². The van der Waals surface area contributed by atoms with Crippen molar-refractivity contribution in [2.45, 2.75) is 25.0 Å². The summed E-state index contributed by atoms with van der Waals surface area (Å²) in [4.78, 5) is 4.41. The molecule has 0 atom stereocenters. The van der Waals surface area contributed by atoms with E-state index < -0.39 is 0 Å². The first-order chi connectivity index (χ1) is 8.24. The van der Waals surface area contributed by atoms with Gasteiger partial charge in [-0.1, -0.05) is 0 Å². The molecule has 1 aliphatic carbocycles. The highest BCUT2D eigenvalue weighted by atomic mass is 79.9. The summed E-state index contributed by atoms with van der Waals surface area (Å²) in [6.45, 7) is 0. The Labute approximate surface area is 107 Å². The zero-order chi connectivity index (χ0) is 11.8. The summed E-state index contributed by atoms with van der Waals surface area (Å²) in [5, 5.41) is 7.68. The predicted molar refractivity (Wildman–Crippen MR) is 68.1 cm³/mol. The zero-order valence-electron chi connectivity index (χ0n) is 9.43. The molecule has 0 unspecified atom stereocenters. The van der Waals surface area contributed by atoms with E-state index in [1.807, 2.05) is 18.3 Å². The molecular formula is C11H13BrN4O. The topological polar surface area (TPSA) is 51.5 Å². The summed E-state index contributed by atoms with van der Waals surface area (Å²) < 4.78 is 7.99. The monoisotopic (exact) mass is 296 g/mol. The lowest BCUT2D eigenvalue weighted by atomic mass is 9.89. The van der Waals surface area contributed by atoms with E-state index in [0.717, 1.165) is 23.0 Å². The lowest BCUT2D eigenvalue weighted by Crippen LogP contribution is -2.40. The van der Waals surface area contributed by atoms with Crippen LogP contribution in [-0.2, 0) is 4.74 Å². The fourth-order valence-electron chi connectivity index (χ4n) is 1.98. The highest BCUT2D eigenvalue weighted by Gasteiger charge is 2.29. The van der Waals surface area contributed by atoms with E-state index in [9.17, 15) is 0 Å². The summed E-state index contributed by atoms with van der Waals surface area (Å²) in [5.41, 5.74) is 0.846. The molecule has 1 saturated carbocycles. The van der Waals surface area contributed by atoms with E-state index in [2.05, 4.69) is 31.3 Å². The second-order valence-corrected chi connectivity index (χ2v) is 5.17. The average Bonchev–Trinajstić information content (AvgIpc) is 2.64. The Bertz CT molecular complexity index is 535. The van der Waals surface area contributed by atoms with Gasteiger partial charge in [0.25, 0.3) is 0 Å². The molecule has 0 aliphatic heterocycles. The van der Waals surface area contributed by atoms with Crippen LogP contribution in [0.25, 0.3) is 5.65 Å². The number of nitrogens with one attached hydrogen (secondary N) is 1. The molecule has 0 bridgehead atoms. The summed E-state index contributed by atoms with van der Waals surface area (Å²) in [6, 6.07) is 4.32. The van der Waals surface area contributed by atoms with Crippen LogP contribution < -0.4 is 5.32 Å². The Morgan fingerprint density at radius 3 is 3.06 bits per heavy atom. The van der Waals surface area contributed by atoms with Crippen LogP contribution in [0.5, 0.6) is 0 Å². The number of anilines is 1. The van der Waals surface area contributed by atoms with Gasteiger partial charge < -0.3 is 10.1 Å². The van der Waals surface area contributed by atoms with E-state index in [1.54, 1.807) is 11.6 Å². The largest absolute Gasteiger partial charge is 0.381 e. The van der Waals surface area contributed by atoms with Gasteiger partial charge >= 0.3 is 0 Å². The molecule has 90 valence electrons. The summed E-state index contributed by atoms with van der Waals surface area (Å²) in [5.74, 6) is 0.683. The molecular weight excluding hydrogens is 284 g/mol. The fourth-order valence-corrected chi connectivity index (χ4v) is 2.30. The molecule has 0 spiro atoms. The van der Waals surface area contributed by atoms with Gasteiger partial charge in [-0.05, 0) is 40.9 Å². The minimum Gasteiger partial charge on any atom is -0.381 e. The van der Waals surface area contributed by atoms with Crippen molar-refractivity contribution in [1.29, 1.82) is 0 Å². The number of pyridine rings is 1. The van der Waals surface area contributed by atoms with Gasteiger partial charge in [0.1, 0.15) is 0 Å². The van der Waals surface area contributed by atoms with Crippen LogP contribution in [0.15, 0.2) is 22.8 Å². The molecule has 3 rings (SSSR count). The third-order valence-electron chi connectivity index (χ3n) is 3.06. The minimum atomic E-state index is 0.388. The first-order valence-corrected chi connectivity index (χ1v) is 6.35. The Hall–Kier alpha value is -1.14. The number of hydrogen-bond donors (Lipinski definition) is 1. The van der Waals surface area contributed by atoms with E-state index in [-0.39, 0.29) is 0 Å². The second kappa shape index (κ2) is 4.27. The molecule has 0 amide bonds. The van der Waals surface area contributed by atoms with Crippen molar-refractivity contribution >= 4 is 27.5 Å². The standard InChI is InChI=1S/C11H13BrN4O/c1-17-9-4-8(5-9)13-11-14-10-3-2-7(12)6-16(10)15-11/h2-3,6,8-9H,4-5H2,1H3,(H,13,15). The SMILES string of the molecule is COC1CC(Nc2nc3ccc(Br)cn3n2)C1. The maximum absolute atomic E-state index is 5.24. The fraction of sp³-hybridized carbons (Fsp3) is 0.455. The summed E-state index contributed by atoms with van der Waals surface area (Å²) >= 11 is 3.41. The lowest BCUT2D eigenvalue weighted by molar-refractivity contribution is 0.0327. The van der Waals surface area contributed by atoms with Crippen LogP contribution in [-0.4, -0.2) is 33.9 Å². The van der Waals surface area contributed by atoms with Gasteiger partial charge in [-0.25, -0.2) is 4.52 Å². The van der Waals surface area contributed by atoms with Gasteiger partial charge in [-0.15, -0.1) is 5.10 Å². The first-order valence-electron chi connectivity index (χ1n) is 5.56. The number of halogens is 1. The Kier molecular flexibility index (Phi) is 2.76. The van der Waals surface area contributed by atoms with Gasteiger partial charge in [0.05, 0.1) is 6.10 Å². The smallest absolute Gasteiger partial charge is 0.243 e. The second-order valence-electron chi connectivity index (χ2n) is 4.26. The van der Waals surface area contributed by atoms with Crippen LogP contribution in [0.2, 0.25) is 0 Å². The molecule has 1 N–H and O–H groups in total. The van der Waals surface area contributed by atoms with E-state index in [1.165, 1.54) is 0 Å². The van der Waals surface area contributed by atoms with Crippen LogP contribution in [0.3, 0.4) is 0 Å². The van der Waals surface area contributed by atoms with Crippen molar-refractivity contribution < 1.29 is 4.74 Å². The van der Waals surface area contributed by atoms with Crippen LogP contribution in [0, 0.1) is 0 Å². The third kappa shape index (κ3) is 2.14. The number of ether oxygens (including phenoxy) is 1. The first kappa shape index (κ1) is 11.0. The minimum absolute atomic E-state index is 0.388. The van der Waals surface area contributed by atoms with Crippen molar-refractivity contribution in [2.24, 2.45) is 0 Å². The molecule has 6 heteroatoms. The van der Waals surface area contributed by atoms with E-state index in [4.69, 9.17) is 4.74 Å². The molecule has 2 aromatic heterocycles. The average molecular weight is 297 g/mol. The van der Waals surface area contributed by atoms with Gasteiger partial charge in [-0.3, -0.25) is 0 Å². The normalized spacial score (nSPS) is 23.6.